The van der Waals surface area contributed by atoms with E-state index < -0.39 is 0 Å². The largest absolute Gasteiger partial charge is 0.213 e. The molecule has 0 aliphatic rings. The fourth-order valence-corrected chi connectivity index (χ4v) is 2.58. The first kappa shape index (κ1) is 14.5. The number of rotatable bonds is 5. The van der Waals surface area contributed by atoms with Gasteiger partial charge in [0.05, 0.1) is 17.1 Å². The first-order chi connectivity index (χ1) is 10.8. The molecule has 0 bridgehead atoms. The smallest absolute Gasteiger partial charge is 0.0976 e. The zero-order valence-electron chi connectivity index (χ0n) is 13.2. The van der Waals surface area contributed by atoms with Gasteiger partial charge >= 0.3 is 0 Å². The molecular formula is C19H21N3. The van der Waals surface area contributed by atoms with Crippen molar-refractivity contribution in [3.63, 3.8) is 0 Å². The highest BCUT2D eigenvalue weighted by molar-refractivity contribution is 5.64. The molecule has 0 saturated carbocycles. The SMILES string of the molecule is CCCCc1nnn(-c2ccccc2)c1-c1ccc(C)cc1. The molecule has 1 aromatic heterocycles. The highest BCUT2D eigenvalue weighted by Crippen LogP contribution is 2.26. The summed E-state index contributed by atoms with van der Waals surface area (Å²) in [7, 11) is 0. The molecule has 3 nitrogen and oxygen atoms in total. The lowest BCUT2D eigenvalue weighted by Gasteiger charge is -2.09. The summed E-state index contributed by atoms with van der Waals surface area (Å²) in [6.07, 6.45) is 3.25. The molecule has 3 rings (SSSR count). The number of aryl methyl sites for hydroxylation is 2. The second-order valence-electron chi connectivity index (χ2n) is 5.60. The van der Waals surface area contributed by atoms with Gasteiger partial charge in [-0.05, 0) is 31.9 Å². The lowest BCUT2D eigenvalue weighted by atomic mass is 10.0. The molecule has 0 radical (unpaired) electrons. The third-order valence-electron chi connectivity index (χ3n) is 3.83. The van der Waals surface area contributed by atoms with Crippen molar-refractivity contribution in [3.8, 4) is 16.9 Å². The highest BCUT2D eigenvalue weighted by atomic mass is 15.4. The van der Waals surface area contributed by atoms with Gasteiger partial charge in [0, 0.05) is 5.56 Å². The minimum Gasteiger partial charge on any atom is -0.213 e. The van der Waals surface area contributed by atoms with E-state index >= 15 is 0 Å². The summed E-state index contributed by atoms with van der Waals surface area (Å²) in [6, 6.07) is 18.8. The van der Waals surface area contributed by atoms with Crippen LogP contribution >= 0.6 is 0 Å². The van der Waals surface area contributed by atoms with E-state index in [1.165, 1.54) is 11.1 Å². The first-order valence-corrected chi connectivity index (χ1v) is 7.86. The third kappa shape index (κ3) is 2.93. The highest BCUT2D eigenvalue weighted by Gasteiger charge is 2.15. The van der Waals surface area contributed by atoms with Gasteiger partial charge in [-0.3, -0.25) is 0 Å². The van der Waals surface area contributed by atoms with Crippen molar-refractivity contribution in [2.24, 2.45) is 0 Å². The van der Waals surface area contributed by atoms with Crippen molar-refractivity contribution in [2.75, 3.05) is 0 Å². The van der Waals surface area contributed by atoms with Crippen LogP contribution in [-0.4, -0.2) is 15.0 Å². The lowest BCUT2D eigenvalue weighted by molar-refractivity contribution is 0.761. The Kier molecular flexibility index (Phi) is 4.33. The van der Waals surface area contributed by atoms with Crippen molar-refractivity contribution in [1.82, 2.24) is 15.0 Å². The van der Waals surface area contributed by atoms with Gasteiger partial charge in [0.15, 0.2) is 0 Å². The molecule has 0 unspecified atom stereocenters. The van der Waals surface area contributed by atoms with Crippen LogP contribution < -0.4 is 0 Å². The standard InChI is InChI=1S/C19H21N3/c1-3-4-10-18-19(16-13-11-15(2)12-14-16)22(21-20-18)17-8-6-5-7-9-17/h5-9,11-14H,3-4,10H2,1-2H3. The van der Waals surface area contributed by atoms with Gasteiger partial charge in [-0.15, -0.1) is 5.10 Å². The van der Waals surface area contributed by atoms with Crippen LogP contribution in [0.5, 0.6) is 0 Å². The molecule has 0 atom stereocenters. The van der Waals surface area contributed by atoms with Crippen LogP contribution in [0, 0.1) is 6.92 Å². The number of unbranched alkanes of at least 4 members (excludes halogenated alkanes) is 1. The van der Waals surface area contributed by atoms with Gasteiger partial charge in [-0.2, -0.15) is 0 Å². The predicted molar refractivity (Wildman–Crippen MR) is 90.1 cm³/mol. The van der Waals surface area contributed by atoms with Crippen LogP contribution in [0.25, 0.3) is 16.9 Å². The fourth-order valence-electron chi connectivity index (χ4n) is 2.58. The average Bonchev–Trinajstić information content (AvgIpc) is 2.98. The maximum absolute atomic E-state index is 4.44. The molecule has 3 heteroatoms. The van der Waals surface area contributed by atoms with Crippen LogP contribution in [0.15, 0.2) is 54.6 Å². The van der Waals surface area contributed by atoms with Gasteiger partial charge < -0.3 is 0 Å². The summed E-state index contributed by atoms with van der Waals surface area (Å²) in [5.74, 6) is 0. The Morgan fingerprint density at radius 1 is 0.955 bits per heavy atom. The van der Waals surface area contributed by atoms with E-state index in [4.69, 9.17) is 0 Å². The van der Waals surface area contributed by atoms with Gasteiger partial charge in [-0.1, -0.05) is 66.6 Å². The number of hydrogen-bond acceptors (Lipinski definition) is 2. The normalized spacial score (nSPS) is 10.8. The molecule has 0 fully saturated rings. The molecular weight excluding hydrogens is 270 g/mol. The summed E-state index contributed by atoms with van der Waals surface area (Å²) in [5, 5.41) is 8.85. The van der Waals surface area contributed by atoms with Crippen molar-refractivity contribution in [1.29, 1.82) is 0 Å². The Balaban J connectivity index is 2.11. The summed E-state index contributed by atoms with van der Waals surface area (Å²) < 4.78 is 1.95. The molecule has 0 amide bonds. The van der Waals surface area contributed by atoms with Crippen molar-refractivity contribution < 1.29 is 0 Å². The summed E-state index contributed by atoms with van der Waals surface area (Å²) >= 11 is 0. The summed E-state index contributed by atoms with van der Waals surface area (Å²) in [5.41, 5.74) is 5.67. The number of nitrogens with zero attached hydrogens (tertiary/aromatic N) is 3. The van der Waals surface area contributed by atoms with Crippen molar-refractivity contribution >= 4 is 0 Å². The monoisotopic (exact) mass is 291 g/mol. The van der Waals surface area contributed by atoms with Gasteiger partial charge in [-0.25, -0.2) is 4.68 Å². The molecule has 1 heterocycles. The zero-order valence-corrected chi connectivity index (χ0v) is 13.2. The van der Waals surface area contributed by atoms with Gasteiger partial charge in [0.25, 0.3) is 0 Å². The minimum atomic E-state index is 0.965. The average molecular weight is 291 g/mol. The number of aromatic nitrogens is 3. The quantitative estimate of drug-likeness (QED) is 0.688. The Labute approximate surface area is 131 Å². The third-order valence-corrected chi connectivity index (χ3v) is 3.83. The van der Waals surface area contributed by atoms with E-state index in [1.54, 1.807) is 0 Å². The van der Waals surface area contributed by atoms with E-state index in [1.807, 2.05) is 22.9 Å². The maximum Gasteiger partial charge on any atom is 0.0976 e. The molecule has 0 aliphatic carbocycles. The minimum absolute atomic E-state index is 0.965. The van der Waals surface area contributed by atoms with E-state index in [0.717, 1.165) is 36.3 Å². The van der Waals surface area contributed by atoms with E-state index in [0.29, 0.717) is 0 Å². The van der Waals surface area contributed by atoms with E-state index in [9.17, 15) is 0 Å². The predicted octanol–water partition coefficient (Wildman–Crippen LogP) is 4.59. The second-order valence-corrected chi connectivity index (χ2v) is 5.60. The van der Waals surface area contributed by atoms with Crippen LogP contribution in [0.3, 0.4) is 0 Å². The van der Waals surface area contributed by atoms with Crippen LogP contribution in [-0.2, 0) is 6.42 Å². The molecule has 0 N–H and O–H groups in total. The number of hydrogen-bond donors (Lipinski definition) is 0. The molecule has 112 valence electrons. The Hall–Kier alpha value is -2.42. The molecule has 0 saturated heterocycles. The maximum atomic E-state index is 4.44. The molecule has 0 spiro atoms. The summed E-state index contributed by atoms with van der Waals surface area (Å²) in [4.78, 5) is 0. The van der Waals surface area contributed by atoms with Crippen molar-refractivity contribution in [2.45, 2.75) is 33.1 Å². The molecule has 22 heavy (non-hydrogen) atoms. The fraction of sp³-hybridized carbons (Fsp3) is 0.263. The Morgan fingerprint density at radius 2 is 1.68 bits per heavy atom. The summed E-state index contributed by atoms with van der Waals surface area (Å²) in [6.45, 7) is 4.31. The van der Waals surface area contributed by atoms with Crippen molar-refractivity contribution in [3.05, 3.63) is 65.9 Å². The van der Waals surface area contributed by atoms with Gasteiger partial charge in [0.1, 0.15) is 0 Å². The molecule has 3 aromatic rings. The van der Waals surface area contributed by atoms with Crippen LogP contribution in [0.2, 0.25) is 0 Å². The Morgan fingerprint density at radius 3 is 2.36 bits per heavy atom. The second kappa shape index (κ2) is 6.56. The molecule has 2 aromatic carbocycles. The number of para-hydroxylation sites is 1. The van der Waals surface area contributed by atoms with E-state index in [2.05, 4.69) is 60.6 Å². The van der Waals surface area contributed by atoms with Crippen LogP contribution in [0.1, 0.15) is 31.0 Å². The van der Waals surface area contributed by atoms with Gasteiger partial charge in [0.2, 0.25) is 0 Å². The lowest BCUT2D eigenvalue weighted by Crippen LogP contribution is -2.00. The van der Waals surface area contributed by atoms with Crippen LogP contribution in [0.4, 0.5) is 0 Å². The Bertz CT molecular complexity index is 727. The van der Waals surface area contributed by atoms with E-state index in [-0.39, 0.29) is 0 Å². The zero-order chi connectivity index (χ0) is 15.4. The molecule has 0 aliphatic heterocycles. The topological polar surface area (TPSA) is 30.7 Å². The number of benzene rings is 2. The first-order valence-electron chi connectivity index (χ1n) is 7.86.